The fourth-order valence-electron chi connectivity index (χ4n) is 2.75. The molecular weight excluding hydrogens is 272 g/mol. The van der Waals surface area contributed by atoms with Crippen LogP contribution in [0, 0.1) is 6.92 Å². The predicted molar refractivity (Wildman–Crippen MR) is 83.6 cm³/mol. The summed E-state index contributed by atoms with van der Waals surface area (Å²) in [7, 11) is 0. The summed E-state index contributed by atoms with van der Waals surface area (Å²) in [6.45, 7) is 2.80. The first kappa shape index (κ1) is 13.7. The largest absolute Gasteiger partial charge is 0.395 e. The second-order valence-corrected chi connectivity index (χ2v) is 5.82. The highest BCUT2D eigenvalue weighted by molar-refractivity contribution is 6.32. The zero-order chi connectivity index (χ0) is 14.1. The number of anilines is 1. The van der Waals surface area contributed by atoms with Gasteiger partial charge in [-0.3, -0.25) is 0 Å². The van der Waals surface area contributed by atoms with E-state index in [1.807, 2.05) is 25.1 Å². The van der Waals surface area contributed by atoms with Crippen molar-refractivity contribution in [1.29, 1.82) is 0 Å². The number of aryl methyl sites for hydroxylation is 1. The summed E-state index contributed by atoms with van der Waals surface area (Å²) >= 11 is 6.19. The van der Waals surface area contributed by atoms with Crippen LogP contribution in [0.2, 0.25) is 5.02 Å². The molecule has 0 atom stereocenters. The van der Waals surface area contributed by atoms with Crippen molar-refractivity contribution in [2.45, 2.75) is 32.2 Å². The number of aliphatic hydroxyl groups is 1. The lowest BCUT2D eigenvalue weighted by molar-refractivity contribution is 0.283. The number of rotatable bonds is 4. The Balaban J connectivity index is 2.03. The molecule has 0 spiro atoms. The number of hydrogen-bond donors (Lipinski definition) is 1. The monoisotopic (exact) mass is 290 g/mol. The van der Waals surface area contributed by atoms with Gasteiger partial charge in [-0.15, -0.1) is 0 Å². The third kappa shape index (κ3) is 2.36. The summed E-state index contributed by atoms with van der Waals surface area (Å²) in [5, 5.41) is 11.1. The summed E-state index contributed by atoms with van der Waals surface area (Å²) in [6, 6.07) is 8.57. The Bertz CT molecular complexity index is 625. The molecule has 1 aliphatic carbocycles. The van der Waals surface area contributed by atoms with Crippen molar-refractivity contribution in [1.82, 2.24) is 4.98 Å². The first-order valence-electron chi connectivity index (χ1n) is 7.14. The second kappa shape index (κ2) is 5.58. The molecule has 1 aromatic carbocycles. The molecule has 1 aromatic heterocycles. The number of halogens is 1. The Morgan fingerprint density at radius 2 is 2.05 bits per heavy atom. The lowest BCUT2D eigenvalue weighted by atomic mass is 9.91. The highest BCUT2D eigenvalue weighted by atomic mass is 35.5. The van der Waals surface area contributed by atoms with Gasteiger partial charge in [0.15, 0.2) is 0 Å². The van der Waals surface area contributed by atoms with Crippen molar-refractivity contribution < 1.29 is 5.11 Å². The summed E-state index contributed by atoms with van der Waals surface area (Å²) < 4.78 is 0. The number of fused-ring (bicyclic) bond motifs is 1. The minimum absolute atomic E-state index is 0.157. The molecule has 3 rings (SSSR count). The molecule has 20 heavy (non-hydrogen) atoms. The van der Waals surface area contributed by atoms with E-state index in [9.17, 15) is 5.11 Å². The van der Waals surface area contributed by atoms with E-state index in [1.54, 1.807) is 0 Å². The van der Waals surface area contributed by atoms with Crippen molar-refractivity contribution in [3.63, 3.8) is 0 Å². The number of pyridine rings is 1. The summed E-state index contributed by atoms with van der Waals surface area (Å²) in [4.78, 5) is 7.01. The van der Waals surface area contributed by atoms with Gasteiger partial charge >= 0.3 is 0 Å². The molecule has 0 unspecified atom stereocenters. The lowest BCUT2D eigenvalue weighted by Crippen LogP contribution is -2.42. The zero-order valence-corrected chi connectivity index (χ0v) is 12.4. The molecular formula is C16H19ClN2O. The normalized spacial score (nSPS) is 15.3. The van der Waals surface area contributed by atoms with Crippen LogP contribution in [0.25, 0.3) is 10.9 Å². The predicted octanol–water partition coefficient (Wildman–Crippen LogP) is 3.55. The summed E-state index contributed by atoms with van der Waals surface area (Å²) in [6.07, 6.45) is 3.65. The van der Waals surface area contributed by atoms with Gasteiger partial charge in [0.1, 0.15) is 5.82 Å². The Morgan fingerprint density at radius 3 is 2.70 bits per heavy atom. The van der Waals surface area contributed by atoms with E-state index in [4.69, 9.17) is 16.6 Å². The standard InChI is InChI=1S/C16H19ClN2O/c1-11-14(17)7-5-12-6-8-15(18-16(11)12)19(9-10-20)13-3-2-4-13/h5-8,13,20H,2-4,9-10H2,1H3. The summed E-state index contributed by atoms with van der Waals surface area (Å²) in [5.41, 5.74) is 1.97. The molecule has 1 N–H and O–H groups in total. The second-order valence-electron chi connectivity index (χ2n) is 5.42. The average Bonchev–Trinajstić information content (AvgIpc) is 2.40. The lowest BCUT2D eigenvalue weighted by Gasteiger charge is -2.38. The molecule has 0 bridgehead atoms. The number of aliphatic hydroxyl groups excluding tert-OH is 1. The average molecular weight is 291 g/mol. The Morgan fingerprint density at radius 1 is 1.30 bits per heavy atom. The maximum atomic E-state index is 9.29. The summed E-state index contributed by atoms with van der Waals surface area (Å²) in [5.74, 6) is 0.946. The van der Waals surface area contributed by atoms with Crippen LogP contribution in [0.4, 0.5) is 5.82 Å². The maximum absolute atomic E-state index is 9.29. The van der Waals surface area contributed by atoms with Crippen LogP contribution in [0.1, 0.15) is 24.8 Å². The molecule has 106 valence electrons. The van der Waals surface area contributed by atoms with Crippen molar-refractivity contribution in [2.75, 3.05) is 18.1 Å². The molecule has 0 aliphatic heterocycles. The highest BCUT2D eigenvalue weighted by Crippen LogP contribution is 2.31. The third-order valence-electron chi connectivity index (χ3n) is 4.19. The van der Waals surface area contributed by atoms with Gasteiger partial charge in [-0.25, -0.2) is 4.98 Å². The van der Waals surface area contributed by atoms with E-state index in [0.717, 1.165) is 27.3 Å². The van der Waals surface area contributed by atoms with Crippen LogP contribution in [0.3, 0.4) is 0 Å². The van der Waals surface area contributed by atoms with Crippen LogP contribution in [-0.4, -0.2) is 29.3 Å². The van der Waals surface area contributed by atoms with E-state index in [-0.39, 0.29) is 6.61 Å². The highest BCUT2D eigenvalue weighted by Gasteiger charge is 2.25. The molecule has 0 radical (unpaired) electrons. The SMILES string of the molecule is Cc1c(Cl)ccc2ccc(N(CCO)C3CCC3)nc12. The molecule has 0 amide bonds. The van der Waals surface area contributed by atoms with E-state index in [0.29, 0.717) is 12.6 Å². The van der Waals surface area contributed by atoms with Gasteiger partial charge in [0.2, 0.25) is 0 Å². The van der Waals surface area contributed by atoms with Crippen molar-refractivity contribution in [2.24, 2.45) is 0 Å². The maximum Gasteiger partial charge on any atom is 0.129 e. The van der Waals surface area contributed by atoms with Crippen LogP contribution in [-0.2, 0) is 0 Å². The minimum atomic E-state index is 0.157. The third-order valence-corrected chi connectivity index (χ3v) is 4.59. The van der Waals surface area contributed by atoms with Gasteiger partial charge in [-0.1, -0.05) is 17.7 Å². The quantitative estimate of drug-likeness (QED) is 0.935. The van der Waals surface area contributed by atoms with Gasteiger partial charge in [0.05, 0.1) is 12.1 Å². The number of aromatic nitrogens is 1. The van der Waals surface area contributed by atoms with Gasteiger partial charge in [0.25, 0.3) is 0 Å². The van der Waals surface area contributed by atoms with Gasteiger partial charge in [-0.05, 0) is 49.9 Å². The van der Waals surface area contributed by atoms with Gasteiger partial charge in [0, 0.05) is 23.0 Å². The van der Waals surface area contributed by atoms with E-state index < -0.39 is 0 Å². The molecule has 1 aliphatic rings. The van der Waals surface area contributed by atoms with Gasteiger partial charge < -0.3 is 10.0 Å². The molecule has 2 aromatic rings. The zero-order valence-electron chi connectivity index (χ0n) is 11.6. The molecule has 1 saturated carbocycles. The minimum Gasteiger partial charge on any atom is -0.395 e. The fraction of sp³-hybridized carbons (Fsp3) is 0.438. The van der Waals surface area contributed by atoms with Crippen molar-refractivity contribution in [3.8, 4) is 0 Å². The van der Waals surface area contributed by atoms with Crippen LogP contribution in [0.15, 0.2) is 24.3 Å². The topological polar surface area (TPSA) is 36.4 Å². The molecule has 4 heteroatoms. The Hall–Kier alpha value is -1.32. The van der Waals surface area contributed by atoms with Crippen LogP contribution < -0.4 is 4.90 Å². The Labute approximate surface area is 124 Å². The molecule has 1 heterocycles. The molecule has 3 nitrogen and oxygen atoms in total. The van der Waals surface area contributed by atoms with Crippen LogP contribution in [0.5, 0.6) is 0 Å². The number of nitrogens with zero attached hydrogens (tertiary/aromatic N) is 2. The molecule has 0 saturated heterocycles. The van der Waals surface area contributed by atoms with Crippen LogP contribution >= 0.6 is 11.6 Å². The fourth-order valence-corrected chi connectivity index (χ4v) is 2.90. The molecule has 1 fully saturated rings. The van der Waals surface area contributed by atoms with Crippen molar-refractivity contribution >= 4 is 28.3 Å². The van der Waals surface area contributed by atoms with Crippen molar-refractivity contribution in [3.05, 3.63) is 34.9 Å². The van der Waals surface area contributed by atoms with E-state index >= 15 is 0 Å². The first-order valence-corrected chi connectivity index (χ1v) is 7.52. The number of benzene rings is 1. The van der Waals surface area contributed by atoms with Gasteiger partial charge in [-0.2, -0.15) is 0 Å². The van der Waals surface area contributed by atoms with E-state index in [2.05, 4.69) is 11.0 Å². The van der Waals surface area contributed by atoms with E-state index in [1.165, 1.54) is 19.3 Å². The Kier molecular flexibility index (Phi) is 3.81. The smallest absolute Gasteiger partial charge is 0.129 e. The number of hydrogen-bond acceptors (Lipinski definition) is 3. The first-order chi connectivity index (χ1) is 9.70.